The number of halogens is 1. The van der Waals surface area contributed by atoms with Gasteiger partial charge in [0.15, 0.2) is 0 Å². The van der Waals surface area contributed by atoms with Crippen molar-refractivity contribution in [1.82, 2.24) is 0 Å². The fourth-order valence-electron chi connectivity index (χ4n) is 1.79. The average molecular weight is 314 g/mol. The smallest absolute Gasteiger partial charge is 0.338 e. The summed E-state index contributed by atoms with van der Waals surface area (Å²) >= 11 is 0. The minimum atomic E-state index is -0.642. The summed E-state index contributed by atoms with van der Waals surface area (Å²) in [5.41, 5.74) is 0.663. The maximum atomic E-state index is 13.4. The lowest BCUT2D eigenvalue weighted by Gasteiger charge is -2.04. The van der Waals surface area contributed by atoms with E-state index in [0.717, 1.165) is 6.08 Å². The Morgan fingerprint density at radius 1 is 1.09 bits per heavy atom. The number of esters is 2. The van der Waals surface area contributed by atoms with Crippen LogP contribution in [0.3, 0.4) is 0 Å². The van der Waals surface area contributed by atoms with Gasteiger partial charge in [-0.05, 0) is 43.3 Å². The van der Waals surface area contributed by atoms with Crippen LogP contribution in [0, 0.1) is 5.82 Å². The highest BCUT2D eigenvalue weighted by Gasteiger charge is 2.07. The number of ether oxygens (including phenoxy) is 2. The van der Waals surface area contributed by atoms with Crippen molar-refractivity contribution in [1.29, 1.82) is 0 Å². The molecule has 0 unspecified atom stereocenters. The highest BCUT2D eigenvalue weighted by atomic mass is 19.1. The van der Waals surface area contributed by atoms with Crippen LogP contribution in [-0.2, 0) is 9.53 Å². The number of benzene rings is 2. The molecule has 0 aliphatic rings. The first-order valence-corrected chi connectivity index (χ1v) is 7.01. The Hall–Kier alpha value is -2.95. The second kappa shape index (κ2) is 7.89. The molecule has 0 aliphatic heterocycles. The maximum Gasteiger partial charge on any atom is 0.338 e. The number of hydrogen-bond donors (Lipinski definition) is 0. The normalized spacial score (nSPS) is 10.5. The summed E-state index contributed by atoms with van der Waals surface area (Å²) in [7, 11) is 0. The van der Waals surface area contributed by atoms with Crippen molar-refractivity contribution in [3.63, 3.8) is 0 Å². The summed E-state index contributed by atoms with van der Waals surface area (Å²) in [6.07, 6.45) is 2.47. The molecule has 0 atom stereocenters. The first kappa shape index (κ1) is 16.4. The van der Waals surface area contributed by atoms with E-state index < -0.39 is 17.8 Å². The fraction of sp³-hybridized carbons (Fsp3) is 0.111. The molecule has 118 valence electrons. The van der Waals surface area contributed by atoms with E-state index in [1.165, 1.54) is 36.4 Å². The third-order valence-corrected chi connectivity index (χ3v) is 2.89. The SMILES string of the molecule is CCOC(=O)c1ccc(OC(=O)C=Cc2ccccc2F)cc1. The van der Waals surface area contributed by atoms with E-state index in [1.54, 1.807) is 25.1 Å². The van der Waals surface area contributed by atoms with Gasteiger partial charge in [-0.15, -0.1) is 0 Å². The molecule has 0 saturated carbocycles. The lowest BCUT2D eigenvalue weighted by Crippen LogP contribution is -2.06. The lowest BCUT2D eigenvalue weighted by molar-refractivity contribution is -0.128. The third-order valence-electron chi connectivity index (χ3n) is 2.89. The topological polar surface area (TPSA) is 52.6 Å². The third kappa shape index (κ3) is 4.78. The van der Waals surface area contributed by atoms with Crippen molar-refractivity contribution in [3.05, 3.63) is 71.6 Å². The van der Waals surface area contributed by atoms with Crippen molar-refractivity contribution in [2.75, 3.05) is 6.61 Å². The molecule has 2 aromatic carbocycles. The van der Waals surface area contributed by atoms with Crippen LogP contribution in [0.2, 0.25) is 0 Å². The van der Waals surface area contributed by atoms with Crippen LogP contribution in [0.4, 0.5) is 4.39 Å². The molecule has 0 N–H and O–H groups in total. The van der Waals surface area contributed by atoms with E-state index in [0.29, 0.717) is 11.1 Å². The molecule has 2 aromatic rings. The van der Waals surface area contributed by atoms with Gasteiger partial charge in [0, 0.05) is 11.6 Å². The zero-order valence-electron chi connectivity index (χ0n) is 12.5. The molecule has 23 heavy (non-hydrogen) atoms. The zero-order chi connectivity index (χ0) is 16.7. The van der Waals surface area contributed by atoms with Crippen molar-refractivity contribution in [2.45, 2.75) is 6.92 Å². The largest absolute Gasteiger partial charge is 0.462 e. The summed E-state index contributed by atoms with van der Waals surface area (Å²) in [5, 5.41) is 0. The van der Waals surface area contributed by atoms with E-state index >= 15 is 0 Å². The van der Waals surface area contributed by atoms with Gasteiger partial charge in [0.05, 0.1) is 12.2 Å². The highest BCUT2D eigenvalue weighted by Crippen LogP contribution is 2.14. The van der Waals surface area contributed by atoms with Crippen LogP contribution in [0.15, 0.2) is 54.6 Å². The van der Waals surface area contributed by atoms with Crippen molar-refractivity contribution in [2.24, 2.45) is 0 Å². The molecular weight excluding hydrogens is 299 g/mol. The Morgan fingerprint density at radius 3 is 2.43 bits per heavy atom. The number of hydrogen-bond acceptors (Lipinski definition) is 4. The lowest BCUT2D eigenvalue weighted by atomic mass is 10.2. The van der Waals surface area contributed by atoms with Gasteiger partial charge in [-0.3, -0.25) is 0 Å². The summed E-state index contributed by atoms with van der Waals surface area (Å²) in [6.45, 7) is 2.01. The quantitative estimate of drug-likeness (QED) is 0.480. The number of rotatable bonds is 5. The molecule has 4 nitrogen and oxygen atoms in total. The van der Waals surface area contributed by atoms with Crippen molar-refractivity contribution >= 4 is 18.0 Å². The predicted molar refractivity (Wildman–Crippen MR) is 83.5 cm³/mol. The van der Waals surface area contributed by atoms with Gasteiger partial charge in [0.1, 0.15) is 11.6 Å². The van der Waals surface area contributed by atoms with Gasteiger partial charge in [-0.1, -0.05) is 18.2 Å². The Labute approximate surface area is 133 Å². The summed E-state index contributed by atoms with van der Waals surface area (Å²) < 4.78 is 23.3. The van der Waals surface area contributed by atoms with Gasteiger partial charge in [0.25, 0.3) is 0 Å². The standard InChI is InChI=1S/C18H15FO4/c1-2-22-18(21)14-7-10-15(11-8-14)23-17(20)12-9-13-5-3-4-6-16(13)19/h3-12H,2H2,1H3. The van der Waals surface area contributed by atoms with Gasteiger partial charge >= 0.3 is 11.9 Å². The van der Waals surface area contributed by atoms with E-state index in [1.807, 2.05) is 0 Å². The maximum absolute atomic E-state index is 13.4. The molecule has 0 radical (unpaired) electrons. The zero-order valence-corrected chi connectivity index (χ0v) is 12.5. The molecule has 0 amide bonds. The fourth-order valence-corrected chi connectivity index (χ4v) is 1.79. The minimum absolute atomic E-state index is 0.279. The van der Waals surface area contributed by atoms with E-state index in [9.17, 15) is 14.0 Å². The van der Waals surface area contributed by atoms with Gasteiger partial charge in [0.2, 0.25) is 0 Å². The molecule has 0 spiro atoms. The molecule has 0 aromatic heterocycles. The Balaban J connectivity index is 1.98. The van der Waals surface area contributed by atoms with Crippen LogP contribution < -0.4 is 4.74 Å². The first-order chi connectivity index (χ1) is 11.1. The monoisotopic (exact) mass is 314 g/mol. The van der Waals surface area contributed by atoms with E-state index in [2.05, 4.69) is 0 Å². The van der Waals surface area contributed by atoms with E-state index in [4.69, 9.17) is 9.47 Å². The summed E-state index contributed by atoms with van der Waals surface area (Å²) in [5.74, 6) is -1.22. The second-order valence-corrected chi connectivity index (χ2v) is 4.52. The van der Waals surface area contributed by atoms with Gasteiger partial charge in [-0.25, -0.2) is 14.0 Å². The molecule has 0 aliphatic carbocycles. The molecule has 2 rings (SSSR count). The molecule has 5 heteroatoms. The van der Waals surface area contributed by atoms with Crippen LogP contribution in [0.25, 0.3) is 6.08 Å². The second-order valence-electron chi connectivity index (χ2n) is 4.52. The highest BCUT2D eigenvalue weighted by molar-refractivity contribution is 5.90. The predicted octanol–water partition coefficient (Wildman–Crippen LogP) is 3.62. The Bertz CT molecular complexity index is 720. The van der Waals surface area contributed by atoms with Crippen LogP contribution >= 0.6 is 0 Å². The van der Waals surface area contributed by atoms with Gasteiger partial charge in [-0.2, -0.15) is 0 Å². The van der Waals surface area contributed by atoms with Crippen molar-refractivity contribution < 1.29 is 23.5 Å². The minimum Gasteiger partial charge on any atom is -0.462 e. The van der Waals surface area contributed by atoms with Gasteiger partial charge < -0.3 is 9.47 Å². The van der Waals surface area contributed by atoms with Crippen LogP contribution in [0.5, 0.6) is 5.75 Å². The molecule has 0 heterocycles. The number of carbonyl (C=O) groups excluding carboxylic acids is 2. The summed E-state index contributed by atoms with van der Waals surface area (Å²) in [4.78, 5) is 23.2. The Morgan fingerprint density at radius 2 is 1.78 bits per heavy atom. The molecule has 0 bridgehead atoms. The molecule has 0 fully saturated rings. The van der Waals surface area contributed by atoms with Crippen LogP contribution in [0.1, 0.15) is 22.8 Å². The van der Waals surface area contributed by atoms with Crippen molar-refractivity contribution in [3.8, 4) is 5.75 Å². The van der Waals surface area contributed by atoms with E-state index in [-0.39, 0.29) is 12.4 Å². The first-order valence-electron chi connectivity index (χ1n) is 7.01. The summed E-state index contributed by atoms with van der Waals surface area (Å²) in [6, 6.07) is 12.1. The average Bonchev–Trinajstić information content (AvgIpc) is 2.55. The Kier molecular flexibility index (Phi) is 5.63. The molecular formula is C18H15FO4. The van der Waals surface area contributed by atoms with Crippen LogP contribution in [-0.4, -0.2) is 18.5 Å². The molecule has 0 saturated heterocycles. The number of carbonyl (C=O) groups is 2.